The van der Waals surface area contributed by atoms with E-state index in [2.05, 4.69) is 6.92 Å². The Morgan fingerprint density at radius 1 is 1.26 bits per heavy atom. The molecule has 110 valence electrons. The van der Waals surface area contributed by atoms with E-state index in [1.807, 2.05) is 0 Å². The van der Waals surface area contributed by atoms with Crippen LogP contribution in [0.4, 0.5) is 0 Å². The summed E-state index contributed by atoms with van der Waals surface area (Å²) < 4.78 is 23.5. The smallest absolute Gasteiger partial charge is 0.237 e. The Balaban J connectivity index is 2.53. The fraction of sp³-hybridized carbons (Fsp3) is 0.786. The molecule has 0 aromatic carbocycles. The number of carbonyl (C=O) groups is 1. The quantitative estimate of drug-likeness (QED) is 0.727. The first kappa shape index (κ1) is 16.2. The van der Waals surface area contributed by atoms with Crippen LogP contribution in [0.2, 0.25) is 0 Å². The summed E-state index contributed by atoms with van der Waals surface area (Å²) in [6, 6.07) is 0.209. The molecule has 0 radical (unpaired) electrons. The topological polar surface area (TPSA) is 54.5 Å². The Morgan fingerprint density at radius 3 is 2.37 bits per heavy atom. The van der Waals surface area contributed by atoms with Crippen molar-refractivity contribution in [2.75, 3.05) is 18.6 Å². The van der Waals surface area contributed by atoms with Gasteiger partial charge in [-0.15, -0.1) is 0 Å². The van der Waals surface area contributed by atoms with Gasteiger partial charge in [0, 0.05) is 13.1 Å². The normalized spacial score (nSPS) is 24.6. The Labute approximate surface area is 116 Å². The molecule has 4 nitrogen and oxygen atoms in total. The molecule has 0 aromatic heterocycles. The van der Waals surface area contributed by atoms with E-state index in [-0.39, 0.29) is 23.5 Å². The molecule has 1 aliphatic rings. The van der Waals surface area contributed by atoms with Crippen molar-refractivity contribution < 1.29 is 13.2 Å². The minimum Gasteiger partial charge on any atom is -0.342 e. The predicted octanol–water partition coefficient (Wildman–Crippen LogP) is 2.01. The number of hydrogen-bond donors (Lipinski definition) is 0. The summed E-state index contributed by atoms with van der Waals surface area (Å²) in [6.07, 6.45) is 7.47. The number of sulfone groups is 1. The zero-order valence-corrected chi connectivity index (χ0v) is 12.9. The third-order valence-electron chi connectivity index (χ3n) is 3.86. The summed E-state index contributed by atoms with van der Waals surface area (Å²) >= 11 is 0. The third-order valence-corrected chi connectivity index (χ3v) is 5.24. The number of nitrogens with zero attached hydrogens (tertiary/aromatic N) is 1. The van der Waals surface area contributed by atoms with Crippen LogP contribution in [-0.4, -0.2) is 43.8 Å². The van der Waals surface area contributed by atoms with Crippen molar-refractivity contribution in [1.82, 2.24) is 4.90 Å². The van der Waals surface area contributed by atoms with Crippen LogP contribution in [-0.2, 0) is 14.6 Å². The first-order valence-corrected chi connectivity index (χ1v) is 8.75. The van der Waals surface area contributed by atoms with Crippen LogP contribution in [0.5, 0.6) is 0 Å². The minimum atomic E-state index is -3.32. The van der Waals surface area contributed by atoms with Gasteiger partial charge in [0.2, 0.25) is 5.91 Å². The zero-order chi connectivity index (χ0) is 14.5. The highest BCUT2D eigenvalue weighted by Crippen LogP contribution is 2.26. The van der Waals surface area contributed by atoms with Crippen molar-refractivity contribution in [1.29, 1.82) is 0 Å². The van der Waals surface area contributed by atoms with E-state index in [1.54, 1.807) is 31.0 Å². The fourth-order valence-corrected chi connectivity index (χ4v) is 3.61. The van der Waals surface area contributed by atoms with E-state index < -0.39 is 9.84 Å². The second kappa shape index (κ2) is 7.08. The fourth-order valence-electron chi connectivity index (χ4n) is 2.43. The van der Waals surface area contributed by atoms with Crippen LogP contribution in [0.25, 0.3) is 0 Å². The van der Waals surface area contributed by atoms with Gasteiger partial charge >= 0.3 is 0 Å². The van der Waals surface area contributed by atoms with E-state index in [1.165, 1.54) is 0 Å². The second-order valence-corrected chi connectivity index (χ2v) is 7.65. The molecule has 0 atom stereocenters. The third kappa shape index (κ3) is 5.35. The van der Waals surface area contributed by atoms with Gasteiger partial charge in [0.05, 0.1) is 5.75 Å². The van der Waals surface area contributed by atoms with Gasteiger partial charge in [-0.2, -0.15) is 0 Å². The maximum Gasteiger partial charge on any atom is 0.237 e. The molecular weight excluding hydrogens is 262 g/mol. The molecule has 0 bridgehead atoms. The highest BCUT2D eigenvalue weighted by molar-refractivity contribution is 7.92. The molecule has 0 saturated heterocycles. The van der Waals surface area contributed by atoms with Crippen LogP contribution >= 0.6 is 0 Å². The highest BCUT2D eigenvalue weighted by atomic mass is 32.2. The average Bonchev–Trinajstić information content (AvgIpc) is 2.36. The molecule has 0 heterocycles. The molecule has 5 heteroatoms. The number of rotatable bonds is 5. The molecule has 1 fully saturated rings. The summed E-state index contributed by atoms with van der Waals surface area (Å²) in [5, 5.41) is 0. The summed E-state index contributed by atoms with van der Waals surface area (Å²) in [4.78, 5) is 13.7. The maximum absolute atomic E-state index is 12.0. The molecule has 1 aliphatic carbocycles. The Morgan fingerprint density at radius 2 is 1.84 bits per heavy atom. The highest BCUT2D eigenvalue weighted by Gasteiger charge is 2.27. The molecule has 1 amide bonds. The van der Waals surface area contributed by atoms with E-state index >= 15 is 0 Å². The minimum absolute atomic E-state index is 0.0508. The summed E-state index contributed by atoms with van der Waals surface area (Å²) in [5.41, 5.74) is 0. The number of hydrogen-bond acceptors (Lipinski definition) is 3. The number of amides is 1. The first-order chi connectivity index (χ1) is 8.85. The standard InChI is InChI=1S/C14H25NO3S/c1-4-5-10-19(17,18)11-14(16)15(3)13-8-6-12(2)7-9-13/h4-5,12-13H,6-11H2,1-3H3/b5-4+. The number of allylic oxidation sites excluding steroid dienone is 1. The van der Waals surface area contributed by atoms with Crippen molar-refractivity contribution in [2.45, 2.75) is 45.6 Å². The Hall–Kier alpha value is -0.840. The van der Waals surface area contributed by atoms with Gasteiger partial charge in [-0.1, -0.05) is 19.1 Å². The lowest BCUT2D eigenvalue weighted by molar-refractivity contribution is -0.129. The Kier molecular flexibility index (Phi) is 6.04. The van der Waals surface area contributed by atoms with Gasteiger partial charge in [-0.3, -0.25) is 4.79 Å². The van der Waals surface area contributed by atoms with Gasteiger partial charge in [-0.05, 0) is 38.5 Å². The average molecular weight is 287 g/mol. The monoisotopic (exact) mass is 287 g/mol. The summed E-state index contributed by atoms with van der Waals surface area (Å²) in [6.45, 7) is 3.99. The van der Waals surface area contributed by atoms with Crippen molar-refractivity contribution in [3.8, 4) is 0 Å². The summed E-state index contributed by atoms with van der Waals surface area (Å²) in [5.74, 6) is 0.0206. The van der Waals surface area contributed by atoms with Gasteiger partial charge < -0.3 is 4.90 Å². The summed E-state index contributed by atoms with van der Waals surface area (Å²) in [7, 11) is -1.59. The van der Waals surface area contributed by atoms with Crippen molar-refractivity contribution in [3.63, 3.8) is 0 Å². The molecule has 1 saturated carbocycles. The Bertz CT molecular complexity index is 420. The lowest BCUT2D eigenvalue weighted by Gasteiger charge is -2.33. The van der Waals surface area contributed by atoms with E-state index in [9.17, 15) is 13.2 Å². The van der Waals surface area contributed by atoms with Crippen LogP contribution in [0, 0.1) is 5.92 Å². The van der Waals surface area contributed by atoms with Gasteiger partial charge in [0.1, 0.15) is 5.75 Å². The molecular formula is C14H25NO3S. The first-order valence-electron chi connectivity index (χ1n) is 6.93. The number of carbonyl (C=O) groups excluding carboxylic acids is 1. The molecule has 0 aliphatic heterocycles. The van der Waals surface area contributed by atoms with Gasteiger partial charge in [0.15, 0.2) is 9.84 Å². The van der Waals surface area contributed by atoms with Crippen LogP contribution in [0.15, 0.2) is 12.2 Å². The van der Waals surface area contributed by atoms with Crippen LogP contribution in [0.1, 0.15) is 39.5 Å². The van der Waals surface area contributed by atoms with Gasteiger partial charge in [-0.25, -0.2) is 8.42 Å². The molecule has 0 N–H and O–H groups in total. The van der Waals surface area contributed by atoms with E-state index in [4.69, 9.17) is 0 Å². The van der Waals surface area contributed by atoms with E-state index in [0.29, 0.717) is 0 Å². The molecule has 0 spiro atoms. The molecule has 19 heavy (non-hydrogen) atoms. The van der Waals surface area contributed by atoms with Crippen molar-refractivity contribution in [3.05, 3.63) is 12.2 Å². The van der Waals surface area contributed by atoms with Crippen LogP contribution < -0.4 is 0 Å². The van der Waals surface area contributed by atoms with E-state index in [0.717, 1.165) is 31.6 Å². The zero-order valence-electron chi connectivity index (χ0n) is 12.1. The van der Waals surface area contributed by atoms with Crippen molar-refractivity contribution >= 4 is 15.7 Å². The molecule has 1 rings (SSSR count). The SMILES string of the molecule is C/C=C/CS(=O)(=O)CC(=O)N(C)C1CCC(C)CC1. The lowest BCUT2D eigenvalue weighted by atomic mass is 9.87. The predicted molar refractivity (Wildman–Crippen MR) is 77.7 cm³/mol. The second-order valence-electron chi connectivity index (χ2n) is 5.54. The molecule has 0 aromatic rings. The molecule has 0 unspecified atom stereocenters. The lowest BCUT2D eigenvalue weighted by Crippen LogP contribution is -2.42. The largest absolute Gasteiger partial charge is 0.342 e. The van der Waals surface area contributed by atoms with Gasteiger partial charge in [0.25, 0.3) is 0 Å². The van der Waals surface area contributed by atoms with Crippen LogP contribution in [0.3, 0.4) is 0 Å². The van der Waals surface area contributed by atoms with Crippen molar-refractivity contribution in [2.24, 2.45) is 5.92 Å². The maximum atomic E-state index is 12.0.